The molecular formula is C11H8FN5OS2. The minimum atomic E-state index is -0.304. The quantitative estimate of drug-likeness (QED) is 0.741. The standard InChI is InChI=1S/C11H8FN5OS2/c12-7-3-1-6(2-4-7)9-14-8(18-17-9)5-19-11-16-15-10(13)20-11/h1-4H,5H2,(H2,13,15). The number of halogens is 1. The van der Waals surface area contributed by atoms with Crippen LogP contribution in [0.1, 0.15) is 5.89 Å². The van der Waals surface area contributed by atoms with Gasteiger partial charge in [0.2, 0.25) is 16.8 Å². The summed E-state index contributed by atoms with van der Waals surface area (Å²) in [5.41, 5.74) is 6.19. The first-order chi connectivity index (χ1) is 9.70. The summed E-state index contributed by atoms with van der Waals surface area (Å²) in [5.74, 6) is 1.06. The number of nitrogens with two attached hydrogens (primary N) is 1. The van der Waals surface area contributed by atoms with Crippen molar-refractivity contribution in [1.29, 1.82) is 0 Å². The van der Waals surface area contributed by atoms with Crippen molar-refractivity contribution in [1.82, 2.24) is 20.3 Å². The zero-order valence-electron chi connectivity index (χ0n) is 9.99. The summed E-state index contributed by atoms with van der Waals surface area (Å²) < 4.78 is 18.7. The largest absolute Gasteiger partial charge is 0.374 e. The second-order valence-corrected chi connectivity index (χ2v) is 5.95. The van der Waals surface area contributed by atoms with E-state index in [1.165, 1.54) is 35.2 Å². The fourth-order valence-electron chi connectivity index (χ4n) is 1.43. The lowest BCUT2D eigenvalue weighted by molar-refractivity contribution is 0.391. The van der Waals surface area contributed by atoms with Gasteiger partial charge in [0.05, 0.1) is 5.75 Å². The van der Waals surface area contributed by atoms with Gasteiger partial charge in [-0.05, 0) is 24.3 Å². The Kier molecular flexibility index (Phi) is 3.61. The molecule has 2 N–H and O–H groups in total. The zero-order valence-corrected chi connectivity index (χ0v) is 11.6. The van der Waals surface area contributed by atoms with E-state index in [9.17, 15) is 4.39 Å². The topological polar surface area (TPSA) is 90.7 Å². The van der Waals surface area contributed by atoms with Crippen molar-refractivity contribution < 1.29 is 8.91 Å². The molecule has 0 bridgehead atoms. The molecule has 20 heavy (non-hydrogen) atoms. The maximum absolute atomic E-state index is 12.8. The third-order valence-corrected chi connectivity index (χ3v) is 4.18. The van der Waals surface area contributed by atoms with Gasteiger partial charge in [0.25, 0.3) is 0 Å². The van der Waals surface area contributed by atoms with Crippen molar-refractivity contribution in [2.75, 3.05) is 5.73 Å². The number of anilines is 1. The molecule has 0 atom stereocenters. The van der Waals surface area contributed by atoms with Gasteiger partial charge in [0, 0.05) is 5.56 Å². The molecule has 1 aromatic carbocycles. The van der Waals surface area contributed by atoms with Crippen LogP contribution >= 0.6 is 23.1 Å². The fraction of sp³-hybridized carbons (Fsp3) is 0.0909. The minimum absolute atomic E-state index is 0.304. The molecule has 0 aliphatic heterocycles. The van der Waals surface area contributed by atoms with Crippen LogP contribution in [-0.4, -0.2) is 20.3 Å². The SMILES string of the molecule is Nc1nnc(SCc2nc(-c3ccc(F)cc3)no2)s1. The molecule has 3 rings (SSSR count). The highest BCUT2D eigenvalue weighted by molar-refractivity contribution is 8.00. The Morgan fingerprint density at radius 2 is 2.05 bits per heavy atom. The third-order valence-electron chi connectivity index (χ3n) is 2.31. The molecule has 2 heterocycles. The van der Waals surface area contributed by atoms with Crippen LogP contribution in [0.15, 0.2) is 33.1 Å². The Labute approximate surface area is 121 Å². The maximum atomic E-state index is 12.8. The van der Waals surface area contributed by atoms with Crippen LogP contribution in [-0.2, 0) is 5.75 Å². The molecule has 0 saturated heterocycles. The van der Waals surface area contributed by atoms with Crippen LogP contribution < -0.4 is 5.73 Å². The highest BCUT2D eigenvalue weighted by Crippen LogP contribution is 2.27. The van der Waals surface area contributed by atoms with Gasteiger partial charge in [-0.1, -0.05) is 28.3 Å². The third kappa shape index (κ3) is 2.94. The first kappa shape index (κ1) is 13.0. The van der Waals surface area contributed by atoms with E-state index in [4.69, 9.17) is 10.3 Å². The van der Waals surface area contributed by atoms with Crippen molar-refractivity contribution in [3.8, 4) is 11.4 Å². The van der Waals surface area contributed by atoms with Gasteiger partial charge in [-0.3, -0.25) is 0 Å². The Hall–Kier alpha value is -2.00. The van der Waals surface area contributed by atoms with Crippen LogP contribution in [0, 0.1) is 5.82 Å². The average Bonchev–Trinajstić information content (AvgIpc) is 3.06. The molecule has 3 aromatic rings. The number of thioether (sulfide) groups is 1. The highest BCUT2D eigenvalue weighted by Gasteiger charge is 2.10. The molecule has 9 heteroatoms. The smallest absolute Gasteiger partial charge is 0.237 e. The number of nitrogen functional groups attached to an aromatic ring is 1. The summed E-state index contributed by atoms with van der Waals surface area (Å²) in [7, 11) is 0. The van der Waals surface area contributed by atoms with E-state index in [2.05, 4.69) is 20.3 Å². The van der Waals surface area contributed by atoms with E-state index in [0.717, 1.165) is 4.34 Å². The van der Waals surface area contributed by atoms with Crippen LogP contribution in [0.25, 0.3) is 11.4 Å². The van der Waals surface area contributed by atoms with Gasteiger partial charge < -0.3 is 10.3 Å². The van der Waals surface area contributed by atoms with E-state index in [1.807, 2.05) is 0 Å². The molecule has 0 spiro atoms. The van der Waals surface area contributed by atoms with Gasteiger partial charge in [0.15, 0.2) is 4.34 Å². The van der Waals surface area contributed by atoms with Crippen LogP contribution in [0.2, 0.25) is 0 Å². The van der Waals surface area contributed by atoms with Crippen molar-refractivity contribution in [2.45, 2.75) is 10.1 Å². The summed E-state index contributed by atoms with van der Waals surface area (Å²) in [6, 6.07) is 5.90. The second-order valence-electron chi connectivity index (χ2n) is 3.71. The Balaban J connectivity index is 1.69. The highest BCUT2D eigenvalue weighted by atomic mass is 32.2. The molecule has 0 radical (unpaired) electrons. The normalized spacial score (nSPS) is 10.8. The second kappa shape index (κ2) is 5.55. The van der Waals surface area contributed by atoms with E-state index in [0.29, 0.717) is 28.2 Å². The monoisotopic (exact) mass is 309 g/mol. The zero-order chi connectivity index (χ0) is 13.9. The predicted molar refractivity (Wildman–Crippen MR) is 73.6 cm³/mol. The lowest BCUT2D eigenvalue weighted by Gasteiger charge is -1.92. The lowest BCUT2D eigenvalue weighted by Crippen LogP contribution is -1.83. The van der Waals surface area contributed by atoms with Crippen molar-refractivity contribution in [2.24, 2.45) is 0 Å². The molecule has 0 saturated carbocycles. The van der Waals surface area contributed by atoms with Gasteiger partial charge >= 0.3 is 0 Å². The number of hydrogen-bond acceptors (Lipinski definition) is 8. The summed E-state index contributed by atoms with van der Waals surface area (Å²) in [4.78, 5) is 4.24. The molecule has 2 aromatic heterocycles. The van der Waals surface area contributed by atoms with E-state index in [-0.39, 0.29) is 5.82 Å². The number of aromatic nitrogens is 4. The van der Waals surface area contributed by atoms with Crippen molar-refractivity contribution in [3.63, 3.8) is 0 Å². The summed E-state index contributed by atoms with van der Waals surface area (Å²) in [6.45, 7) is 0. The van der Waals surface area contributed by atoms with E-state index < -0.39 is 0 Å². The van der Waals surface area contributed by atoms with E-state index in [1.54, 1.807) is 12.1 Å². The number of nitrogens with zero attached hydrogens (tertiary/aromatic N) is 4. The number of hydrogen-bond donors (Lipinski definition) is 1. The first-order valence-electron chi connectivity index (χ1n) is 5.51. The van der Waals surface area contributed by atoms with Gasteiger partial charge in [-0.15, -0.1) is 10.2 Å². The summed E-state index contributed by atoms with van der Waals surface area (Å²) in [5, 5.41) is 11.9. The maximum Gasteiger partial charge on any atom is 0.237 e. The van der Waals surface area contributed by atoms with Crippen LogP contribution in [0.5, 0.6) is 0 Å². The molecule has 6 nitrogen and oxygen atoms in total. The van der Waals surface area contributed by atoms with Gasteiger partial charge in [-0.25, -0.2) is 4.39 Å². The average molecular weight is 309 g/mol. The summed E-state index contributed by atoms with van der Waals surface area (Å²) in [6.07, 6.45) is 0. The van der Waals surface area contributed by atoms with Crippen molar-refractivity contribution in [3.05, 3.63) is 36.0 Å². The molecular weight excluding hydrogens is 301 g/mol. The molecule has 0 amide bonds. The van der Waals surface area contributed by atoms with E-state index >= 15 is 0 Å². The van der Waals surface area contributed by atoms with Crippen molar-refractivity contribution >= 4 is 28.2 Å². The molecule has 0 fully saturated rings. The summed E-state index contributed by atoms with van der Waals surface area (Å²) >= 11 is 2.71. The predicted octanol–water partition coefficient (Wildman–Crippen LogP) is 2.60. The molecule has 0 aliphatic carbocycles. The first-order valence-corrected chi connectivity index (χ1v) is 7.31. The Morgan fingerprint density at radius 1 is 1.25 bits per heavy atom. The minimum Gasteiger partial charge on any atom is -0.374 e. The Bertz CT molecular complexity index is 712. The molecule has 0 unspecified atom stereocenters. The Morgan fingerprint density at radius 3 is 2.75 bits per heavy atom. The van der Waals surface area contributed by atoms with Crippen LogP contribution in [0.3, 0.4) is 0 Å². The molecule has 102 valence electrons. The number of rotatable bonds is 4. The lowest BCUT2D eigenvalue weighted by atomic mass is 10.2. The van der Waals surface area contributed by atoms with Crippen LogP contribution in [0.4, 0.5) is 9.52 Å². The fourth-order valence-corrected chi connectivity index (χ4v) is 2.91. The van der Waals surface area contributed by atoms with Gasteiger partial charge in [0.1, 0.15) is 5.82 Å². The number of benzene rings is 1. The van der Waals surface area contributed by atoms with Gasteiger partial charge in [-0.2, -0.15) is 4.98 Å². The molecule has 0 aliphatic rings.